The van der Waals surface area contributed by atoms with E-state index >= 15 is 0 Å². The van der Waals surface area contributed by atoms with E-state index in [1.807, 2.05) is 31.3 Å². The van der Waals surface area contributed by atoms with Crippen LogP contribution >= 0.6 is 12.4 Å². The van der Waals surface area contributed by atoms with Gasteiger partial charge < -0.3 is 15.4 Å². The highest BCUT2D eigenvalue weighted by molar-refractivity contribution is 5.88. The zero-order valence-electron chi connectivity index (χ0n) is 12.8. The summed E-state index contributed by atoms with van der Waals surface area (Å²) in [6, 6.07) is 7.94. The van der Waals surface area contributed by atoms with Crippen LogP contribution in [0.1, 0.15) is 31.2 Å². The monoisotopic (exact) mass is 312 g/mol. The van der Waals surface area contributed by atoms with Gasteiger partial charge in [-0.1, -0.05) is 25.0 Å². The molecule has 1 fully saturated rings. The van der Waals surface area contributed by atoms with Crippen molar-refractivity contribution in [3.63, 3.8) is 0 Å². The number of nitrogens with one attached hydrogen (secondary N) is 2. The van der Waals surface area contributed by atoms with Crippen molar-refractivity contribution in [2.24, 2.45) is 0 Å². The summed E-state index contributed by atoms with van der Waals surface area (Å²) in [5, 5.41) is 6.11. The second kappa shape index (κ2) is 8.25. The number of methoxy groups -OCH3 is 1. The second-order valence-corrected chi connectivity index (χ2v) is 5.38. The number of likely N-dealkylation sites (N-methyl/N-ethyl adjacent to an activating group) is 1. The van der Waals surface area contributed by atoms with Gasteiger partial charge in [0.1, 0.15) is 5.75 Å². The summed E-state index contributed by atoms with van der Waals surface area (Å²) < 4.78 is 5.30. The zero-order chi connectivity index (χ0) is 14.4. The first-order chi connectivity index (χ1) is 9.73. The molecule has 1 aromatic rings. The van der Waals surface area contributed by atoms with Gasteiger partial charge in [0, 0.05) is 13.1 Å². The van der Waals surface area contributed by atoms with E-state index in [1.54, 1.807) is 7.11 Å². The Bertz CT molecular complexity index is 459. The van der Waals surface area contributed by atoms with Gasteiger partial charge in [-0.2, -0.15) is 0 Å². The highest BCUT2D eigenvalue weighted by Crippen LogP contribution is 2.42. The Morgan fingerprint density at radius 3 is 2.62 bits per heavy atom. The molecule has 0 radical (unpaired) electrons. The van der Waals surface area contributed by atoms with Gasteiger partial charge in [-0.3, -0.25) is 4.79 Å². The number of benzene rings is 1. The average Bonchev–Trinajstić information content (AvgIpc) is 2.98. The van der Waals surface area contributed by atoms with Crippen LogP contribution in [0.15, 0.2) is 24.3 Å². The van der Waals surface area contributed by atoms with Crippen LogP contribution in [0.2, 0.25) is 0 Å². The third-order valence-corrected chi connectivity index (χ3v) is 4.17. The van der Waals surface area contributed by atoms with Crippen LogP contribution in [0.3, 0.4) is 0 Å². The normalized spacial score (nSPS) is 16.1. The lowest BCUT2D eigenvalue weighted by Crippen LogP contribution is -2.44. The molecule has 2 N–H and O–H groups in total. The standard InChI is InChI=1S/C16H24N2O2.ClH/c1-17-10-11-18-15(19)16(8-3-4-9-16)13-6-5-7-14(12-13)20-2;/h5-7,12,17H,3-4,8-11H2,1-2H3,(H,18,19);1H. The van der Waals surface area contributed by atoms with E-state index in [2.05, 4.69) is 10.6 Å². The van der Waals surface area contributed by atoms with Gasteiger partial charge in [-0.15, -0.1) is 12.4 Å². The minimum Gasteiger partial charge on any atom is -0.497 e. The van der Waals surface area contributed by atoms with E-state index in [-0.39, 0.29) is 23.7 Å². The first kappa shape index (κ1) is 17.8. The molecule has 1 aromatic carbocycles. The van der Waals surface area contributed by atoms with E-state index in [0.717, 1.165) is 43.5 Å². The third-order valence-electron chi connectivity index (χ3n) is 4.17. The lowest BCUT2D eigenvalue weighted by Gasteiger charge is -2.28. The van der Waals surface area contributed by atoms with E-state index in [0.29, 0.717) is 6.54 Å². The molecule has 0 aromatic heterocycles. The lowest BCUT2D eigenvalue weighted by atomic mass is 9.78. The molecule has 0 aliphatic heterocycles. The molecule has 0 bridgehead atoms. The number of carbonyl (C=O) groups is 1. The van der Waals surface area contributed by atoms with Crippen LogP contribution in [0, 0.1) is 0 Å². The van der Waals surface area contributed by atoms with Crippen molar-refractivity contribution in [3.8, 4) is 5.75 Å². The van der Waals surface area contributed by atoms with Crippen molar-refractivity contribution in [1.82, 2.24) is 10.6 Å². The average molecular weight is 313 g/mol. The predicted octanol–water partition coefficient (Wildman–Crippen LogP) is 2.26. The van der Waals surface area contributed by atoms with Crippen molar-refractivity contribution in [2.75, 3.05) is 27.2 Å². The SMILES string of the molecule is CNCCNC(=O)C1(c2cccc(OC)c2)CCCC1.Cl. The van der Waals surface area contributed by atoms with Crippen molar-refractivity contribution < 1.29 is 9.53 Å². The minimum absolute atomic E-state index is 0. The zero-order valence-corrected chi connectivity index (χ0v) is 13.6. The molecule has 21 heavy (non-hydrogen) atoms. The highest BCUT2D eigenvalue weighted by Gasteiger charge is 2.42. The fourth-order valence-corrected chi connectivity index (χ4v) is 3.02. The summed E-state index contributed by atoms with van der Waals surface area (Å²) in [5.74, 6) is 0.968. The number of halogens is 1. The summed E-state index contributed by atoms with van der Waals surface area (Å²) in [7, 11) is 3.55. The van der Waals surface area contributed by atoms with E-state index < -0.39 is 0 Å². The number of carbonyl (C=O) groups excluding carboxylic acids is 1. The molecule has 1 saturated carbocycles. The predicted molar refractivity (Wildman–Crippen MR) is 87.3 cm³/mol. The highest BCUT2D eigenvalue weighted by atomic mass is 35.5. The largest absolute Gasteiger partial charge is 0.497 e. The molecule has 1 amide bonds. The summed E-state index contributed by atoms with van der Waals surface area (Å²) in [5.41, 5.74) is 0.707. The smallest absolute Gasteiger partial charge is 0.230 e. The van der Waals surface area contributed by atoms with Crippen molar-refractivity contribution in [2.45, 2.75) is 31.1 Å². The van der Waals surface area contributed by atoms with Crippen molar-refractivity contribution in [1.29, 1.82) is 0 Å². The molecule has 0 spiro atoms. The fraction of sp³-hybridized carbons (Fsp3) is 0.562. The molecule has 0 atom stereocenters. The maximum Gasteiger partial charge on any atom is 0.230 e. The van der Waals surface area contributed by atoms with E-state index in [1.165, 1.54) is 0 Å². The molecule has 4 nitrogen and oxygen atoms in total. The quantitative estimate of drug-likeness (QED) is 0.792. The number of ether oxygens (including phenoxy) is 1. The van der Waals surface area contributed by atoms with Gasteiger partial charge in [0.25, 0.3) is 0 Å². The maximum absolute atomic E-state index is 12.7. The number of rotatable bonds is 6. The maximum atomic E-state index is 12.7. The number of amides is 1. The topological polar surface area (TPSA) is 50.4 Å². The van der Waals surface area contributed by atoms with E-state index in [4.69, 9.17) is 4.74 Å². The van der Waals surface area contributed by atoms with Crippen LogP contribution in [-0.2, 0) is 10.2 Å². The van der Waals surface area contributed by atoms with E-state index in [9.17, 15) is 4.79 Å². The van der Waals surface area contributed by atoms with Crippen LogP contribution in [0.5, 0.6) is 5.75 Å². The van der Waals surface area contributed by atoms with Crippen LogP contribution in [-0.4, -0.2) is 33.2 Å². The molecule has 1 aliphatic carbocycles. The molecule has 0 saturated heterocycles. The Morgan fingerprint density at radius 2 is 2.00 bits per heavy atom. The lowest BCUT2D eigenvalue weighted by molar-refractivity contribution is -0.126. The summed E-state index contributed by atoms with van der Waals surface area (Å²) in [4.78, 5) is 12.7. The fourth-order valence-electron chi connectivity index (χ4n) is 3.02. The van der Waals surface area contributed by atoms with Gasteiger partial charge >= 0.3 is 0 Å². The minimum atomic E-state index is -0.373. The molecule has 0 heterocycles. The molecule has 1 aliphatic rings. The van der Waals surface area contributed by atoms with Crippen molar-refractivity contribution >= 4 is 18.3 Å². The molecular weight excluding hydrogens is 288 g/mol. The molecular formula is C16H25ClN2O2. The summed E-state index contributed by atoms with van der Waals surface area (Å²) in [6.45, 7) is 1.46. The first-order valence-corrected chi connectivity index (χ1v) is 7.30. The van der Waals surface area contributed by atoms with Gasteiger partial charge in [0.15, 0.2) is 0 Å². The summed E-state index contributed by atoms with van der Waals surface area (Å²) in [6.07, 6.45) is 4.06. The third kappa shape index (κ3) is 3.89. The Kier molecular flexibility index (Phi) is 6.99. The number of hydrogen-bond donors (Lipinski definition) is 2. The van der Waals surface area contributed by atoms with Gasteiger partial charge in [-0.25, -0.2) is 0 Å². The molecule has 2 rings (SSSR count). The van der Waals surface area contributed by atoms with Crippen LogP contribution < -0.4 is 15.4 Å². The van der Waals surface area contributed by atoms with Gasteiger partial charge in [0.05, 0.1) is 12.5 Å². The van der Waals surface area contributed by atoms with Crippen LogP contribution in [0.25, 0.3) is 0 Å². The first-order valence-electron chi connectivity index (χ1n) is 7.30. The van der Waals surface area contributed by atoms with Gasteiger partial charge in [0.2, 0.25) is 5.91 Å². The number of hydrogen-bond acceptors (Lipinski definition) is 3. The molecule has 5 heteroatoms. The Balaban J connectivity index is 0.00000220. The molecule has 0 unspecified atom stereocenters. The van der Waals surface area contributed by atoms with Crippen molar-refractivity contribution in [3.05, 3.63) is 29.8 Å². The van der Waals surface area contributed by atoms with Gasteiger partial charge in [-0.05, 0) is 37.6 Å². The van der Waals surface area contributed by atoms with Crippen LogP contribution in [0.4, 0.5) is 0 Å². The second-order valence-electron chi connectivity index (χ2n) is 5.38. The molecule has 118 valence electrons. The summed E-state index contributed by atoms with van der Waals surface area (Å²) >= 11 is 0. The Hall–Kier alpha value is -1.26. The Morgan fingerprint density at radius 1 is 1.29 bits per heavy atom. The Labute approximate surface area is 133 Å².